The first-order valence-corrected chi connectivity index (χ1v) is 12.9. The van der Waals surface area contributed by atoms with Crippen molar-refractivity contribution in [3.05, 3.63) is 134 Å². The molecule has 0 atom stereocenters. The number of fused-ring (bicyclic) bond motifs is 3. The third kappa shape index (κ3) is 3.39. The number of nitrogens with zero attached hydrogens (tertiary/aromatic N) is 6. The van der Waals surface area contributed by atoms with Gasteiger partial charge in [0.05, 0.1) is 44.5 Å². The molecule has 0 N–H and O–H groups in total. The molecule has 0 aliphatic carbocycles. The normalized spacial score (nSPS) is 11.6. The Morgan fingerprint density at radius 3 is 1.44 bits per heavy atom. The SMILES string of the molecule is c1cc(-c2c(-n3cnc4ccccc43)cccc2-n2cnc3ccccc32)cc(-n2cnc3ccccc32)c1. The number of rotatable bonds is 4. The van der Waals surface area contributed by atoms with Crippen molar-refractivity contribution in [3.63, 3.8) is 0 Å². The van der Waals surface area contributed by atoms with Crippen LogP contribution in [0.2, 0.25) is 0 Å². The molecule has 0 aliphatic rings. The number of hydrogen-bond acceptors (Lipinski definition) is 3. The van der Waals surface area contributed by atoms with Gasteiger partial charge in [-0.25, -0.2) is 15.0 Å². The molecule has 5 aromatic carbocycles. The van der Waals surface area contributed by atoms with Crippen molar-refractivity contribution in [1.82, 2.24) is 28.7 Å². The highest BCUT2D eigenvalue weighted by Gasteiger charge is 2.18. The summed E-state index contributed by atoms with van der Waals surface area (Å²) >= 11 is 0. The van der Waals surface area contributed by atoms with Gasteiger partial charge in [0.25, 0.3) is 0 Å². The molecule has 6 heteroatoms. The summed E-state index contributed by atoms with van der Waals surface area (Å²) in [4.78, 5) is 14.0. The second kappa shape index (κ2) is 8.53. The smallest absolute Gasteiger partial charge is 0.100 e. The molecule has 0 aliphatic heterocycles. The third-order valence-electron chi connectivity index (χ3n) is 7.31. The Morgan fingerprint density at radius 2 is 0.872 bits per heavy atom. The van der Waals surface area contributed by atoms with Crippen molar-refractivity contribution in [2.75, 3.05) is 0 Å². The van der Waals surface area contributed by atoms with Crippen molar-refractivity contribution in [2.45, 2.75) is 0 Å². The van der Waals surface area contributed by atoms with E-state index < -0.39 is 0 Å². The van der Waals surface area contributed by atoms with Crippen molar-refractivity contribution >= 4 is 33.1 Å². The van der Waals surface area contributed by atoms with E-state index in [1.165, 1.54) is 0 Å². The van der Waals surface area contributed by atoms with E-state index in [2.05, 4.69) is 91.5 Å². The number of aromatic nitrogens is 6. The standard InChI is InChI=1S/C33H22N6/c1-4-14-28-25(11-1)34-20-37(28)24-10-7-9-23(19-24)33-31(38-21-35-26-12-2-5-15-29(26)38)17-8-18-32(33)39-22-36-27-13-3-6-16-30(27)39/h1-22H. The number of hydrogen-bond donors (Lipinski definition) is 0. The van der Waals surface area contributed by atoms with Gasteiger partial charge in [-0.05, 0) is 66.2 Å². The Hall–Kier alpha value is -5.49. The topological polar surface area (TPSA) is 53.5 Å². The summed E-state index contributed by atoms with van der Waals surface area (Å²) in [5.41, 5.74) is 11.4. The summed E-state index contributed by atoms with van der Waals surface area (Å²) in [5.74, 6) is 0. The minimum Gasteiger partial charge on any atom is -0.299 e. The Morgan fingerprint density at radius 1 is 0.410 bits per heavy atom. The predicted molar refractivity (Wildman–Crippen MR) is 156 cm³/mol. The molecule has 0 amide bonds. The lowest BCUT2D eigenvalue weighted by molar-refractivity contribution is 1.06. The van der Waals surface area contributed by atoms with E-state index in [1.807, 2.05) is 61.4 Å². The highest BCUT2D eigenvalue weighted by atomic mass is 15.1. The van der Waals surface area contributed by atoms with Gasteiger partial charge in [-0.1, -0.05) is 54.6 Å². The molecule has 0 unspecified atom stereocenters. The van der Waals surface area contributed by atoms with Crippen LogP contribution in [-0.2, 0) is 0 Å². The molecule has 3 aromatic heterocycles. The van der Waals surface area contributed by atoms with Gasteiger partial charge in [0, 0.05) is 11.3 Å². The van der Waals surface area contributed by atoms with Gasteiger partial charge >= 0.3 is 0 Å². The van der Waals surface area contributed by atoms with Crippen LogP contribution < -0.4 is 0 Å². The van der Waals surface area contributed by atoms with Crippen LogP contribution in [0.4, 0.5) is 0 Å². The summed E-state index contributed by atoms with van der Waals surface area (Å²) < 4.78 is 6.49. The van der Waals surface area contributed by atoms with Gasteiger partial charge in [-0.3, -0.25) is 13.7 Å². The number of imidazole rings is 3. The molecule has 0 saturated carbocycles. The van der Waals surface area contributed by atoms with Crippen LogP contribution in [0.3, 0.4) is 0 Å². The van der Waals surface area contributed by atoms with Crippen LogP contribution in [0.15, 0.2) is 134 Å². The highest BCUT2D eigenvalue weighted by molar-refractivity contribution is 5.89. The lowest BCUT2D eigenvalue weighted by atomic mass is 9.99. The zero-order valence-corrected chi connectivity index (χ0v) is 20.9. The van der Waals surface area contributed by atoms with Gasteiger partial charge in [0.1, 0.15) is 19.0 Å². The van der Waals surface area contributed by atoms with Crippen LogP contribution in [0, 0.1) is 0 Å². The van der Waals surface area contributed by atoms with E-state index in [9.17, 15) is 0 Å². The molecule has 8 aromatic rings. The first-order valence-electron chi connectivity index (χ1n) is 12.9. The average Bonchev–Trinajstić information content (AvgIpc) is 3.74. The van der Waals surface area contributed by atoms with Crippen LogP contribution in [0.25, 0.3) is 61.3 Å². The van der Waals surface area contributed by atoms with E-state index in [1.54, 1.807) is 0 Å². The van der Waals surface area contributed by atoms with E-state index in [4.69, 9.17) is 9.97 Å². The van der Waals surface area contributed by atoms with Crippen molar-refractivity contribution in [2.24, 2.45) is 0 Å². The Labute approximate surface area is 224 Å². The van der Waals surface area contributed by atoms with Gasteiger partial charge in [-0.2, -0.15) is 0 Å². The lowest BCUT2D eigenvalue weighted by Crippen LogP contribution is -2.03. The average molecular weight is 503 g/mol. The maximum absolute atomic E-state index is 4.70. The maximum atomic E-state index is 4.70. The summed E-state index contributed by atoms with van der Waals surface area (Å²) in [5, 5.41) is 0. The van der Waals surface area contributed by atoms with Crippen LogP contribution in [0.1, 0.15) is 0 Å². The summed E-state index contributed by atoms with van der Waals surface area (Å²) in [6, 6.07) is 39.7. The van der Waals surface area contributed by atoms with Gasteiger partial charge < -0.3 is 0 Å². The summed E-state index contributed by atoms with van der Waals surface area (Å²) in [7, 11) is 0. The minimum absolute atomic E-state index is 0.959. The van der Waals surface area contributed by atoms with Crippen molar-refractivity contribution < 1.29 is 0 Å². The molecule has 39 heavy (non-hydrogen) atoms. The lowest BCUT2D eigenvalue weighted by Gasteiger charge is -2.18. The first kappa shape index (κ1) is 21.6. The quantitative estimate of drug-likeness (QED) is 0.252. The van der Waals surface area contributed by atoms with E-state index in [0.29, 0.717) is 0 Å². The minimum atomic E-state index is 0.959. The molecule has 184 valence electrons. The molecule has 0 bridgehead atoms. The fourth-order valence-electron chi connectivity index (χ4n) is 5.50. The molecule has 8 rings (SSSR count). The number of para-hydroxylation sites is 6. The van der Waals surface area contributed by atoms with Gasteiger partial charge in [0.15, 0.2) is 0 Å². The monoisotopic (exact) mass is 502 g/mol. The van der Waals surface area contributed by atoms with Gasteiger partial charge in [-0.15, -0.1) is 0 Å². The third-order valence-corrected chi connectivity index (χ3v) is 7.31. The summed E-state index contributed by atoms with van der Waals surface area (Å²) in [6.45, 7) is 0. The Kier molecular flexibility index (Phi) is 4.72. The fraction of sp³-hybridized carbons (Fsp3) is 0. The second-order valence-corrected chi connectivity index (χ2v) is 9.53. The van der Waals surface area contributed by atoms with E-state index >= 15 is 0 Å². The van der Waals surface area contributed by atoms with Crippen LogP contribution in [-0.4, -0.2) is 28.7 Å². The highest BCUT2D eigenvalue weighted by Crippen LogP contribution is 2.37. The molecule has 6 nitrogen and oxygen atoms in total. The molecule has 0 saturated heterocycles. The molecule has 0 radical (unpaired) electrons. The largest absolute Gasteiger partial charge is 0.299 e. The first-order chi connectivity index (χ1) is 19.3. The van der Waals surface area contributed by atoms with E-state index in [0.717, 1.165) is 61.3 Å². The zero-order chi connectivity index (χ0) is 25.8. The van der Waals surface area contributed by atoms with E-state index in [-0.39, 0.29) is 0 Å². The van der Waals surface area contributed by atoms with Crippen LogP contribution >= 0.6 is 0 Å². The molecule has 0 spiro atoms. The molecule has 3 heterocycles. The number of benzene rings is 5. The Bertz CT molecular complexity index is 2050. The fourth-order valence-corrected chi connectivity index (χ4v) is 5.50. The molecular weight excluding hydrogens is 480 g/mol. The van der Waals surface area contributed by atoms with Gasteiger partial charge in [0.2, 0.25) is 0 Å². The molecule has 0 fully saturated rings. The zero-order valence-electron chi connectivity index (χ0n) is 20.9. The maximum Gasteiger partial charge on any atom is 0.100 e. The van der Waals surface area contributed by atoms with Crippen LogP contribution in [0.5, 0.6) is 0 Å². The summed E-state index contributed by atoms with van der Waals surface area (Å²) in [6.07, 6.45) is 5.71. The molecular formula is C33H22N6. The Balaban J connectivity index is 1.42. The van der Waals surface area contributed by atoms with Crippen molar-refractivity contribution in [3.8, 4) is 28.2 Å². The second-order valence-electron chi connectivity index (χ2n) is 9.53. The van der Waals surface area contributed by atoms with Crippen molar-refractivity contribution in [1.29, 1.82) is 0 Å². The predicted octanol–water partition coefficient (Wildman–Crippen LogP) is 7.37.